The van der Waals surface area contributed by atoms with E-state index >= 15 is 0 Å². The van der Waals surface area contributed by atoms with Gasteiger partial charge in [-0.3, -0.25) is 0 Å². The van der Waals surface area contributed by atoms with Crippen LogP contribution in [0.3, 0.4) is 0 Å². The summed E-state index contributed by atoms with van der Waals surface area (Å²) in [4.78, 5) is 0. The topological polar surface area (TPSA) is 24.1 Å². The Kier molecular flexibility index (Phi) is 2.95. The maximum atomic E-state index is 3.52. The molecule has 1 radical (unpaired) electrons. The van der Waals surface area contributed by atoms with Gasteiger partial charge in [0.2, 0.25) is 0 Å². The van der Waals surface area contributed by atoms with Gasteiger partial charge >= 0.3 is 0 Å². The highest BCUT2D eigenvalue weighted by Crippen LogP contribution is 2.12. The van der Waals surface area contributed by atoms with Gasteiger partial charge in [-0.25, -0.2) is 0 Å². The van der Waals surface area contributed by atoms with Crippen LogP contribution >= 0.6 is 0 Å². The van der Waals surface area contributed by atoms with Crippen LogP contribution in [-0.2, 0) is 0 Å². The Hall–Kier alpha value is -0.860. The fourth-order valence-electron chi connectivity index (χ4n) is 1.68. The first kappa shape index (κ1) is 8.73. The van der Waals surface area contributed by atoms with Gasteiger partial charge in [0, 0.05) is 12.6 Å². The van der Waals surface area contributed by atoms with Gasteiger partial charge in [-0.2, -0.15) is 0 Å². The Morgan fingerprint density at radius 2 is 2.08 bits per heavy atom. The molecule has 1 aromatic rings. The Balaban J connectivity index is 2.06. The average molecular weight is 175 g/mol. The molecular formula is C11H15N2. The van der Waals surface area contributed by atoms with Crippen molar-refractivity contribution in [1.82, 2.24) is 10.6 Å². The van der Waals surface area contributed by atoms with E-state index in [0.29, 0.717) is 6.04 Å². The number of benzene rings is 1. The van der Waals surface area contributed by atoms with Crippen molar-refractivity contribution < 1.29 is 0 Å². The predicted molar refractivity (Wildman–Crippen MR) is 53.5 cm³/mol. The second-order valence-corrected chi connectivity index (χ2v) is 3.40. The van der Waals surface area contributed by atoms with Crippen molar-refractivity contribution in [3.8, 4) is 0 Å². The molecule has 1 atom stereocenters. The van der Waals surface area contributed by atoms with Crippen LogP contribution < -0.4 is 10.6 Å². The van der Waals surface area contributed by atoms with Crippen LogP contribution in [0, 0.1) is 6.07 Å². The largest absolute Gasteiger partial charge is 0.315 e. The maximum absolute atomic E-state index is 3.52. The Labute approximate surface area is 79.4 Å². The zero-order valence-electron chi connectivity index (χ0n) is 7.72. The van der Waals surface area contributed by atoms with Crippen LogP contribution in [0.5, 0.6) is 0 Å². The maximum Gasteiger partial charge on any atom is 0.0446 e. The van der Waals surface area contributed by atoms with Crippen molar-refractivity contribution in [3.63, 3.8) is 0 Å². The monoisotopic (exact) mass is 175 g/mol. The van der Waals surface area contributed by atoms with E-state index in [4.69, 9.17) is 0 Å². The molecule has 1 saturated heterocycles. The molecule has 1 aliphatic rings. The van der Waals surface area contributed by atoms with Crippen molar-refractivity contribution in [2.24, 2.45) is 0 Å². The van der Waals surface area contributed by atoms with E-state index in [9.17, 15) is 0 Å². The lowest BCUT2D eigenvalue weighted by atomic mass is 10.1. The SMILES string of the molecule is [c]1ccc(C2CNCCCN2)cc1. The highest BCUT2D eigenvalue weighted by molar-refractivity contribution is 5.18. The third kappa shape index (κ3) is 2.29. The Morgan fingerprint density at radius 1 is 1.23 bits per heavy atom. The van der Waals surface area contributed by atoms with Gasteiger partial charge in [0.1, 0.15) is 0 Å². The van der Waals surface area contributed by atoms with Crippen LogP contribution in [0.2, 0.25) is 0 Å². The van der Waals surface area contributed by atoms with Gasteiger partial charge in [-0.05, 0) is 31.1 Å². The van der Waals surface area contributed by atoms with Crippen molar-refractivity contribution >= 4 is 0 Å². The standard InChI is InChI=1S/C11H15N2/c1-2-5-10(6-3-1)11-9-12-7-4-8-13-11/h2-3,5-6,11-13H,4,7-9H2. The molecule has 0 amide bonds. The molecule has 0 bridgehead atoms. The summed E-state index contributed by atoms with van der Waals surface area (Å²) in [5.41, 5.74) is 1.35. The van der Waals surface area contributed by atoms with Gasteiger partial charge in [0.25, 0.3) is 0 Å². The molecule has 1 aromatic carbocycles. The van der Waals surface area contributed by atoms with Crippen LogP contribution in [0.25, 0.3) is 0 Å². The van der Waals surface area contributed by atoms with Crippen LogP contribution in [0.1, 0.15) is 18.0 Å². The van der Waals surface area contributed by atoms with Crippen LogP contribution in [-0.4, -0.2) is 19.6 Å². The summed E-state index contributed by atoms with van der Waals surface area (Å²) < 4.78 is 0. The molecule has 1 fully saturated rings. The highest BCUT2D eigenvalue weighted by Gasteiger charge is 2.11. The van der Waals surface area contributed by atoms with Gasteiger partial charge < -0.3 is 10.6 Å². The number of nitrogens with one attached hydrogen (secondary N) is 2. The van der Waals surface area contributed by atoms with Crippen molar-refractivity contribution in [1.29, 1.82) is 0 Å². The smallest absolute Gasteiger partial charge is 0.0446 e. The molecular weight excluding hydrogens is 160 g/mol. The van der Waals surface area contributed by atoms with E-state index in [0.717, 1.165) is 19.6 Å². The highest BCUT2D eigenvalue weighted by atomic mass is 15.0. The molecule has 2 nitrogen and oxygen atoms in total. The molecule has 13 heavy (non-hydrogen) atoms. The molecule has 69 valence electrons. The normalized spacial score (nSPS) is 23.8. The lowest BCUT2D eigenvalue weighted by molar-refractivity contribution is 0.553. The van der Waals surface area contributed by atoms with E-state index in [1.807, 2.05) is 12.1 Å². The molecule has 1 heterocycles. The second kappa shape index (κ2) is 4.40. The van der Waals surface area contributed by atoms with Crippen molar-refractivity contribution in [2.45, 2.75) is 12.5 Å². The lowest BCUT2D eigenvalue weighted by Gasteiger charge is -2.15. The third-order valence-electron chi connectivity index (χ3n) is 2.42. The van der Waals surface area contributed by atoms with E-state index < -0.39 is 0 Å². The minimum absolute atomic E-state index is 0.470. The second-order valence-electron chi connectivity index (χ2n) is 3.40. The molecule has 1 aliphatic heterocycles. The van der Waals surface area contributed by atoms with Crippen LogP contribution in [0.4, 0.5) is 0 Å². The Morgan fingerprint density at radius 3 is 2.92 bits per heavy atom. The summed E-state index contributed by atoms with van der Waals surface area (Å²) in [6.07, 6.45) is 1.22. The van der Waals surface area contributed by atoms with E-state index in [1.54, 1.807) is 0 Å². The molecule has 2 heteroatoms. The number of hydrogen-bond donors (Lipinski definition) is 2. The van der Waals surface area contributed by atoms with Gasteiger partial charge in [0.05, 0.1) is 0 Å². The first-order valence-electron chi connectivity index (χ1n) is 4.87. The van der Waals surface area contributed by atoms with E-state index in [2.05, 4.69) is 28.8 Å². The van der Waals surface area contributed by atoms with Gasteiger partial charge in [-0.15, -0.1) is 0 Å². The van der Waals surface area contributed by atoms with E-state index in [1.165, 1.54) is 12.0 Å². The van der Waals surface area contributed by atoms with Crippen molar-refractivity contribution in [2.75, 3.05) is 19.6 Å². The molecule has 1 unspecified atom stereocenters. The van der Waals surface area contributed by atoms with Crippen LogP contribution in [0.15, 0.2) is 24.3 Å². The quantitative estimate of drug-likeness (QED) is 0.668. The zero-order valence-corrected chi connectivity index (χ0v) is 7.72. The van der Waals surface area contributed by atoms with Gasteiger partial charge in [0.15, 0.2) is 0 Å². The number of rotatable bonds is 1. The molecule has 0 aliphatic carbocycles. The molecule has 0 saturated carbocycles. The molecule has 0 aromatic heterocycles. The molecule has 2 rings (SSSR count). The summed E-state index contributed by atoms with van der Waals surface area (Å²) in [5.74, 6) is 0. The molecule has 2 N–H and O–H groups in total. The average Bonchev–Trinajstić information content (AvgIpc) is 2.47. The number of hydrogen-bond acceptors (Lipinski definition) is 2. The van der Waals surface area contributed by atoms with Crippen molar-refractivity contribution in [3.05, 3.63) is 35.9 Å². The minimum Gasteiger partial charge on any atom is -0.315 e. The first-order chi connectivity index (χ1) is 6.47. The van der Waals surface area contributed by atoms with E-state index in [-0.39, 0.29) is 0 Å². The summed E-state index contributed by atoms with van der Waals surface area (Å²) >= 11 is 0. The minimum atomic E-state index is 0.470. The first-order valence-corrected chi connectivity index (χ1v) is 4.87. The fraction of sp³-hybridized carbons (Fsp3) is 0.455. The Bertz CT molecular complexity index is 238. The summed E-state index contributed by atoms with van der Waals surface area (Å²) in [6.45, 7) is 3.27. The lowest BCUT2D eigenvalue weighted by Crippen LogP contribution is -2.27. The van der Waals surface area contributed by atoms with Gasteiger partial charge in [-0.1, -0.05) is 24.3 Å². The third-order valence-corrected chi connectivity index (χ3v) is 2.42. The predicted octanol–water partition coefficient (Wildman–Crippen LogP) is 1.11. The zero-order chi connectivity index (χ0) is 8.93. The fourth-order valence-corrected chi connectivity index (χ4v) is 1.68. The summed E-state index contributed by atoms with van der Waals surface area (Å²) in [6, 6.07) is 11.7. The molecule has 0 spiro atoms. The summed E-state index contributed by atoms with van der Waals surface area (Å²) in [5, 5.41) is 6.94. The summed E-state index contributed by atoms with van der Waals surface area (Å²) in [7, 11) is 0.